The number of aliphatic imine (C=N–C) groups is 1. The summed E-state index contributed by atoms with van der Waals surface area (Å²) in [6.07, 6.45) is 0. The van der Waals surface area contributed by atoms with Crippen molar-refractivity contribution in [1.82, 2.24) is 4.98 Å². The van der Waals surface area contributed by atoms with Gasteiger partial charge in [0, 0.05) is 16.4 Å². The molecule has 4 rings (SSSR count). The Kier molecular flexibility index (Phi) is 5.66. The molecule has 8 heteroatoms. The Bertz CT molecular complexity index is 988. The molecule has 1 aliphatic heterocycles. The quantitative estimate of drug-likeness (QED) is 0.454. The van der Waals surface area contributed by atoms with Crippen molar-refractivity contribution in [3.63, 3.8) is 0 Å². The van der Waals surface area contributed by atoms with Gasteiger partial charge in [0.1, 0.15) is 15.8 Å². The van der Waals surface area contributed by atoms with E-state index in [0.29, 0.717) is 17.4 Å². The van der Waals surface area contributed by atoms with Crippen LogP contribution in [0, 0.1) is 0 Å². The lowest BCUT2D eigenvalue weighted by Gasteiger charge is -2.05. The predicted octanol–water partition coefficient (Wildman–Crippen LogP) is 4.41. The molecular formula is C19H16N2O3S3. The molecule has 0 amide bonds. The molecular weight excluding hydrogens is 400 g/mol. The van der Waals surface area contributed by atoms with Gasteiger partial charge in [-0.05, 0) is 30.3 Å². The van der Waals surface area contributed by atoms with Crippen LogP contribution in [0.5, 0.6) is 5.75 Å². The first kappa shape index (κ1) is 18.3. The molecule has 3 aromatic rings. The summed E-state index contributed by atoms with van der Waals surface area (Å²) >= 11 is 4.73. The minimum absolute atomic E-state index is 0.466. The third-order valence-electron chi connectivity index (χ3n) is 3.84. The summed E-state index contributed by atoms with van der Waals surface area (Å²) in [5.41, 5.74) is 0.878. The van der Waals surface area contributed by atoms with Crippen molar-refractivity contribution in [1.29, 1.82) is 0 Å². The van der Waals surface area contributed by atoms with Gasteiger partial charge in [-0.15, -0.1) is 34.9 Å². The van der Waals surface area contributed by atoms with Crippen LogP contribution in [0.3, 0.4) is 0 Å². The van der Waals surface area contributed by atoms with E-state index in [4.69, 9.17) is 9.84 Å². The molecule has 0 bridgehead atoms. The second kappa shape index (κ2) is 8.33. The van der Waals surface area contributed by atoms with Crippen LogP contribution < -0.4 is 4.74 Å². The molecule has 0 fully saturated rings. The Balaban J connectivity index is 1.39. The van der Waals surface area contributed by atoms with Gasteiger partial charge in [0.25, 0.3) is 0 Å². The number of benzene rings is 2. The summed E-state index contributed by atoms with van der Waals surface area (Å²) in [5.74, 6) is 1.27. The van der Waals surface area contributed by atoms with Gasteiger partial charge in [0.05, 0.1) is 16.8 Å². The number of carbonyl (C=O) groups is 1. The Labute approximate surface area is 168 Å². The number of nitrogens with zero attached hydrogens (tertiary/aromatic N) is 2. The molecule has 0 spiro atoms. The van der Waals surface area contributed by atoms with Crippen LogP contribution in [0.1, 0.15) is 5.01 Å². The van der Waals surface area contributed by atoms with Crippen molar-refractivity contribution in [2.24, 2.45) is 4.99 Å². The molecule has 1 unspecified atom stereocenters. The zero-order chi connectivity index (χ0) is 18.6. The van der Waals surface area contributed by atoms with Crippen LogP contribution in [-0.2, 0) is 4.79 Å². The van der Waals surface area contributed by atoms with Crippen LogP contribution in [0.15, 0.2) is 58.4 Å². The number of fused-ring (bicyclic) bond motifs is 1. The van der Waals surface area contributed by atoms with Crippen LogP contribution in [0.4, 0.5) is 0 Å². The number of thioether (sulfide) groups is 2. The second-order valence-electron chi connectivity index (χ2n) is 5.76. The standard InChI is InChI=1S/C19H16N2O3S3/c22-19(23)15-11-26-17(21-15)18-20-14-7-6-12(10-16(14)27-18)24-8-9-25-13-4-2-1-3-5-13/h1-7,10,15H,8-9,11H2,(H,22,23). The molecule has 1 aliphatic rings. The molecule has 0 saturated heterocycles. The molecule has 138 valence electrons. The largest absolute Gasteiger partial charge is 0.493 e. The minimum Gasteiger partial charge on any atom is -0.493 e. The maximum Gasteiger partial charge on any atom is 0.329 e. The number of hydrogen-bond acceptors (Lipinski definition) is 7. The summed E-state index contributed by atoms with van der Waals surface area (Å²) in [6, 6.07) is 15.4. The highest BCUT2D eigenvalue weighted by Gasteiger charge is 2.26. The number of aliphatic carboxylic acids is 1. The third-order valence-corrected chi connectivity index (χ3v) is 7.03. The zero-order valence-electron chi connectivity index (χ0n) is 14.2. The highest BCUT2D eigenvalue weighted by molar-refractivity contribution is 8.15. The van der Waals surface area contributed by atoms with Crippen LogP contribution in [0.25, 0.3) is 10.2 Å². The molecule has 0 radical (unpaired) electrons. The number of rotatable bonds is 7. The van der Waals surface area contributed by atoms with Gasteiger partial charge in [0.15, 0.2) is 6.04 Å². The van der Waals surface area contributed by atoms with Gasteiger partial charge in [-0.1, -0.05) is 18.2 Å². The van der Waals surface area contributed by atoms with E-state index in [1.54, 1.807) is 11.8 Å². The van der Waals surface area contributed by atoms with Gasteiger partial charge in [-0.2, -0.15) is 0 Å². The molecule has 1 aromatic heterocycles. The summed E-state index contributed by atoms with van der Waals surface area (Å²) in [4.78, 5) is 21.1. The fraction of sp³-hybridized carbons (Fsp3) is 0.211. The number of aromatic nitrogens is 1. The van der Waals surface area contributed by atoms with Crippen molar-refractivity contribution in [3.8, 4) is 5.75 Å². The summed E-state index contributed by atoms with van der Waals surface area (Å²) in [6.45, 7) is 0.625. The Hall–Kier alpha value is -2.03. The highest BCUT2D eigenvalue weighted by Crippen LogP contribution is 2.31. The topological polar surface area (TPSA) is 71.8 Å². The Morgan fingerprint density at radius 1 is 1.26 bits per heavy atom. The van der Waals surface area contributed by atoms with E-state index in [1.807, 2.05) is 36.4 Å². The van der Waals surface area contributed by atoms with Crippen molar-refractivity contribution in [2.75, 3.05) is 18.1 Å². The normalized spacial score (nSPS) is 16.4. The first-order valence-electron chi connectivity index (χ1n) is 8.34. The second-order valence-corrected chi connectivity index (χ2v) is 8.97. The number of hydrogen-bond donors (Lipinski definition) is 1. The van der Waals surface area contributed by atoms with Crippen molar-refractivity contribution in [2.45, 2.75) is 10.9 Å². The van der Waals surface area contributed by atoms with Crippen molar-refractivity contribution < 1.29 is 14.6 Å². The molecule has 27 heavy (non-hydrogen) atoms. The number of carboxylic acids is 1. The predicted molar refractivity (Wildman–Crippen MR) is 113 cm³/mol. The maximum atomic E-state index is 11.1. The number of carboxylic acid groups (broad SMARTS) is 1. The van der Waals surface area contributed by atoms with E-state index in [0.717, 1.165) is 26.7 Å². The van der Waals surface area contributed by atoms with E-state index in [9.17, 15) is 4.79 Å². The van der Waals surface area contributed by atoms with E-state index in [2.05, 4.69) is 22.1 Å². The van der Waals surface area contributed by atoms with Gasteiger partial charge >= 0.3 is 5.97 Å². The van der Waals surface area contributed by atoms with Gasteiger partial charge in [0.2, 0.25) is 0 Å². The van der Waals surface area contributed by atoms with Gasteiger partial charge < -0.3 is 9.84 Å². The van der Waals surface area contributed by atoms with Crippen molar-refractivity contribution >= 4 is 56.1 Å². The highest BCUT2D eigenvalue weighted by atomic mass is 32.2. The molecule has 2 heterocycles. The van der Waals surface area contributed by atoms with Gasteiger partial charge in [-0.3, -0.25) is 4.99 Å². The molecule has 2 aromatic carbocycles. The number of thiazole rings is 1. The molecule has 0 aliphatic carbocycles. The molecule has 1 atom stereocenters. The maximum absolute atomic E-state index is 11.1. The lowest BCUT2D eigenvalue weighted by atomic mass is 10.3. The van der Waals surface area contributed by atoms with E-state index < -0.39 is 12.0 Å². The SMILES string of the molecule is O=C(O)C1CSC(c2nc3ccc(OCCSc4ccccc4)cc3s2)=N1. The fourth-order valence-corrected chi connectivity index (χ4v) is 5.38. The summed E-state index contributed by atoms with van der Waals surface area (Å²) in [5, 5.41) is 10.6. The minimum atomic E-state index is -0.886. The first-order valence-corrected chi connectivity index (χ1v) is 11.1. The monoisotopic (exact) mass is 416 g/mol. The van der Waals surface area contributed by atoms with E-state index in [1.165, 1.54) is 28.0 Å². The van der Waals surface area contributed by atoms with Crippen LogP contribution in [-0.4, -0.2) is 45.3 Å². The lowest BCUT2D eigenvalue weighted by molar-refractivity contribution is -0.137. The average molecular weight is 417 g/mol. The Morgan fingerprint density at radius 3 is 2.89 bits per heavy atom. The fourth-order valence-electron chi connectivity index (χ4n) is 2.54. The molecule has 1 N–H and O–H groups in total. The van der Waals surface area contributed by atoms with Gasteiger partial charge in [-0.25, -0.2) is 9.78 Å². The molecule has 0 saturated carbocycles. The summed E-state index contributed by atoms with van der Waals surface area (Å²) < 4.78 is 6.88. The average Bonchev–Trinajstić information content (AvgIpc) is 3.32. The van der Waals surface area contributed by atoms with E-state index >= 15 is 0 Å². The van der Waals surface area contributed by atoms with Crippen LogP contribution >= 0.6 is 34.9 Å². The number of ether oxygens (including phenoxy) is 1. The summed E-state index contributed by atoms with van der Waals surface area (Å²) in [7, 11) is 0. The van der Waals surface area contributed by atoms with Crippen LogP contribution in [0.2, 0.25) is 0 Å². The lowest BCUT2D eigenvalue weighted by Crippen LogP contribution is -2.17. The van der Waals surface area contributed by atoms with Crippen molar-refractivity contribution in [3.05, 3.63) is 53.5 Å². The zero-order valence-corrected chi connectivity index (χ0v) is 16.6. The Morgan fingerprint density at radius 2 is 2.11 bits per heavy atom. The molecule has 5 nitrogen and oxygen atoms in total. The van der Waals surface area contributed by atoms with E-state index in [-0.39, 0.29) is 0 Å². The third kappa shape index (κ3) is 4.45. The first-order chi connectivity index (χ1) is 13.2. The smallest absolute Gasteiger partial charge is 0.329 e.